The molecule has 0 N–H and O–H groups in total. The van der Waals surface area contributed by atoms with Crippen molar-refractivity contribution in [1.82, 2.24) is 4.57 Å². The average molecular weight is 484 g/mol. The summed E-state index contributed by atoms with van der Waals surface area (Å²) >= 11 is 0. The number of fused-ring (bicyclic) bond motifs is 13. The van der Waals surface area contributed by atoms with Gasteiger partial charge < -0.3 is 8.98 Å². The number of aromatic nitrogens is 1. The van der Waals surface area contributed by atoms with Gasteiger partial charge in [-0.2, -0.15) is 0 Å². The van der Waals surface area contributed by atoms with Gasteiger partial charge in [-0.25, -0.2) is 0 Å². The quantitative estimate of drug-likeness (QED) is 0.212. The predicted octanol–water partition coefficient (Wildman–Crippen LogP) is 10.1. The van der Waals surface area contributed by atoms with E-state index in [1.54, 1.807) is 0 Å². The van der Waals surface area contributed by atoms with Gasteiger partial charge in [0.2, 0.25) is 0 Å². The van der Waals surface area contributed by atoms with E-state index in [9.17, 15) is 0 Å². The first-order valence-corrected chi connectivity index (χ1v) is 13.0. The number of benzene rings is 7. The maximum Gasteiger partial charge on any atom is 0.136 e. The van der Waals surface area contributed by atoms with Gasteiger partial charge in [0.25, 0.3) is 0 Å². The predicted molar refractivity (Wildman–Crippen MR) is 161 cm³/mol. The van der Waals surface area contributed by atoms with Gasteiger partial charge in [-0.3, -0.25) is 0 Å². The summed E-state index contributed by atoms with van der Waals surface area (Å²) < 4.78 is 8.84. The fraction of sp³-hybridized carbons (Fsp3) is 0. The fourth-order valence-electron chi connectivity index (χ4n) is 6.56. The van der Waals surface area contributed by atoms with Gasteiger partial charge in [0.15, 0.2) is 0 Å². The molecule has 9 rings (SSSR count). The van der Waals surface area contributed by atoms with Crippen molar-refractivity contribution in [3.05, 3.63) is 127 Å². The van der Waals surface area contributed by atoms with Crippen LogP contribution in [0.25, 0.3) is 81.7 Å². The lowest BCUT2D eigenvalue weighted by Crippen LogP contribution is -1.95. The van der Waals surface area contributed by atoms with E-state index in [4.69, 9.17) is 4.42 Å². The van der Waals surface area contributed by atoms with Crippen LogP contribution in [0.15, 0.2) is 132 Å². The summed E-state index contributed by atoms with van der Waals surface area (Å²) in [6, 6.07) is 45.8. The highest BCUT2D eigenvalue weighted by molar-refractivity contribution is 6.37. The molecule has 2 nitrogen and oxygen atoms in total. The molecule has 7 aromatic carbocycles. The van der Waals surface area contributed by atoms with Gasteiger partial charge in [0, 0.05) is 32.6 Å². The molecule has 0 radical (unpaired) electrons. The average Bonchev–Trinajstić information content (AvgIpc) is 3.53. The Kier molecular flexibility index (Phi) is 3.82. The number of hydrogen-bond donors (Lipinski definition) is 0. The standard InChI is InChI=1S/C36H21NO/c1-2-10-23-21-24(18-17-22(23)9-1)37-30-19-20-32-33(29-15-7-8-16-31(29)38-32)35(30)34-27-13-5-3-11-25(27)26-12-4-6-14-28(26)36(34)37/h1-21H. The SMILES string of the molecule is c1ccc2cc(-n3c4ccc5oc6ccccc6c5c4c4c5ccccc5c5ccccc5c43)ccc2c1. The van der Waals surface area contributed by atoms with Crippen LogP contribution >= 0.6 is 0 Å². The summed E-state index contributed by atoms with van der Waals surface area (Å²) in [5, 5.41) is 12.4. The summed E-state index contributed by atoms with van der Waals surface area (Å²) in [5.74, 6) is 0. The van der Waals surface area contributed by atoms with Crippen molar-refractivity contribution in [2.75, 3.05) is 0 Å². The molecule has 0 saturated heterocycles. The fourth-order valence-corrected chi connectivity index (χ4v) is 6.56. The van der Waals surface area contributed by atoms with E-state index in [-0.39, 0.29) is 0 Å². The molecule has 2 heterocycles. The zero-order valence-electron chi connectivity index (χ0n) is 20.5. The molecule has 0 aliphatic rings. The van der Waals surface area contributed by atoms with Crippen LogP contribution in [0.4, 0.5) is 0 Å². The monoisotopic (exact) mass is 483 g/mol. The van der Waals surface area contributed by atoms with E-state index in [0.29, 0.717) is 0 Å². The molecule has 176 valence electrons. The lowest BCUT2D eigenvalue weighted by atomic mass is 9.95. The van der Waals surface area contributed by atoms with Crippen molar-refractivity contribution in [3.8, 4) is 5.69 Å². The molecule has 0 unspecified atom stereocenters. The van der Waals surface area contributed by atoms with E-state index in [1.807, 2.05) is 6.07 Å². The topological polar surface area (TPSA) is 18.1 Å². The summed E-state index contributed by atoms with van der Waals surface area (Å²) in [7, 11) is 0. The summed E-state index contributed by atoms with van der Waals surface area (Å²) in [4.78, 5) is 0. The first-order chi connectivity index (χ1) is 18.9. The maximum absolute atomic E-state index is 6.37. The third-order valence-electron chi connectivity index (χ3n) is 8.13. The number of hydrogen-bond acceptors (Lipinski definition) is 1. The highest BCUT2D eigenvalue weighted by atomic mass is 16.3. The second-order valence-electron chi connectivity index (χ2n) is 10.1. The number of rotatable bonds is 1. The molecule has 0 aliphatic carbocycles. The molecule has 0 spiro atoms. The number of nitrogens with zero attached hydrogens (tertiary/aromatic N) is 1. The van der Waals surface area contributed by atoms with Crippen LogP contribution in [0.3, 0.4) is 0 Å². The first kappa shape index (κ1) is 20.0. The molecule has 0 atom stereocenters. The van der Waals surface area contributed by atoms with Crippen molar-refractivity contribution < 1.29 is 4.42 Å². The Morgan fingerprint density at radius 3 is 1.92 bits per heavy atom. The molecule has 0 fully saturated rings. The summed E-state index contributed by atoms with van der Waals surface area (Å²) in [5.41, 5.74) is 5.44. The molecule has 38 heavy (non-hydrogen) atoms. The van der Waals surface area contributed by atoms with E-state index < -0.39 is 0 Å². The molecule has 0 amide bonds. The minimum absolute atomic E-state index is 0.923. The normalized spacial score (nSPS) is 12.2. The van der Waals surface area contributed by atoms with Gasteiger partial charge in [0.05, 0.1) is 11.0 Å². The maximum atomic E-state index is 6.37. The van der Waals surface area contributed by atoms with Crippen molar-refractivity contribution in [1.29, 1.82) is 0 Å². The Morgan fingerprint density at radius 1 is 0.421 bits per heavy atom. The second-order valence-corrected chi connectivity index (χ2v) is 10.1. The van der Waals surface area contributed by atoms with Crippen LogP contribution in [0.5, 0.6) is 0 Å². The third kappa shape index (κ3) is 2.51. The third-order valence-corrected chi connectivity index (χ3v) is 8.13. The van der Waals surface area contributed by atoms with Gasteiger partial charge in [-0.05, 0) is 57.3 Å². The zero-order chi connectivity index (χ0) is 24.8. The largest absolute Gasteiger partial charge is 0.456 e. The second kappa shape index (κ2) is 7.24. The lowest BCUT2D eigenvalue weighted by Gasteiger charge is -2.12. The van der Waals surface area contributed by atoms with Gasteiger partial charge in [0.1, 0.15) is 11.2 Å². The Hall–Kier alpha value is -5.08. The van der Waals surface area contributed by atoms with Gasteiger partial charge >= 0.3 is 0 Å². The minimum Gasteiger partial charge on any atom is -0.456 e. The van der Waals surface area contributed by atoms with E-state index in [1.165, 1.54) is 59.5 Å². The zero-order valence-corrected chi connectivity index (χ0v) is 20.5. The van der Waals surface area contributed by atoms with Crippen LogP contribution in [-0.4, -0.2) is 4.57 Å². The lowest BCUT2D eigenvalue weighted by molar-refractivity contribution is 0.669. The van der Waals surface area contributed by atoms with Crippen molar-refractivity contribution in [2.24, 2.45) is 0 Å². The van der Waals surface area contributed by atoms with Crippen LogP contribution in [-0.2, 0) is 0 Å². The van der Waals surface area contributed by atoms with Gasteiger partial charge in [-0.1, -0.05) is 97.1 Å². The highest BCUT2D eigenvalue weighted by Crippen LogP contribution is 2.46. The van der Waals surface area contributed by atoms with E-state index in [2.05, 4.69) is 126 Å². The Bertz CT molecular complexity index is 2400. The first-order valence-electron chi connectivity index (χ1n) is 13.0. The van der Waals surface area contributed by atoms with Gasteiger partial charge in [-0.15, -0.1) is 0 Å². The number of furan rings is 1. The highest BCUT2D eigenvalue weighted by Gasteiger charge is 2.22. The van der Waals surface area contributed by atoms with E-state index in [0.717, 1.165) is 22.2 Å². The van der Waals surface area contributed by atoms with E-state index >= 15 is 0 Å². The molecule has 0 bridgehead atoms. The summed E-state index contributed by atoms with van der Waals surface area (Å²) in [6.45, 7) is 0. The Balaban J connectivity index is 1.63. The molecular formula is C36H21NO. The molecule has 2 aromatic heterocycles. The Morgan fingerprint density at radius 2 is 1.08 bits per heavy atom. The van der Waals surface area contributed by atoms with Crippen molar-refractivity contribution in [2.45, 2.75) is 0 Å². The molecule has 0 saturated carbocycles. The molecule has 2 heteroatoms. The van der Waals surface area contributed by atoms with Crippen molar-refractivity contribution >= 4 is 76.1 Å². The smallest absolute Gasteiger partial charge is 0.136 e. The van der Waals surface area contributed by atoms with Crippen LogP contribution in [0.2, 0.25) is 0 Å². The minimum atomic E-state index is 0.923. The van der Waals surface area contributed by atoms with Crippen LogP contribution in [0, 0.1) is 0 Å². The van der Waals surface area contributed by atoms with Crippen molar-refractivity contribution in [3.63, 3.8) is 0 Å². The Labute approximate surface area is 217 Å². The van der Waals surface area contributed by atoms with Crippen LogP contribution < -0.4 is 0 Å². The molecule has 9 aromatic rings. The molecular weight excluding hydrogens is 462 g/mol. The number of para-hydroxylation sites is 1. The molecule has 0 aliphatic heterocycles. The van der Waals surface area contributed by atoms with Crippen LogP contribution in [0.1, 0.15) is 0 Å². The summed E-state index contributed by atoms with van der Waals surface area (Å²) in [6.07, 6.45) is 0.